The van der Waals surface area contributed by atoms with Gasteiger partial charge in [-0.25, -0.2) is 4.68 Å². The molecule has 1 aromatic heterocycles. The fourth-order valence-corrected chi connectivity index (χ4v) is 6.17. The fourth-order valence-electron chi connectivity index (χ4n) is 6.17. The van der Waals surface area contributed by atoms with Gasteiger partial charge in [-0.3, -0.25) is 9.69 Å². The fraction of sp³-hybridized carbons (Fsp3) is 0.481. The molecule has 1 saturated carbocycles. The average Bonchev–Trinajstić information content (AvgIpc) is 3.41. The Morgan fingerprint density at radius 1 is 1.23 bits per heavy atom. The molecule has 0 bridgehead atoms. The number of benzene rings is 2. The molecule has 3 heterocycles. The normalized spacial score (nSPS) is 24.3. The Morgan fingerprint density at radius 3 is 2.64 bits per heavy atom. The van der Waals surface area contributed by atoms with E-state index in [4.69, 9.17) is 4.74 Å². The third-order valence-electron chi connectivity index (χ3n) is 8.28. The number of amides is 1. The zero-order valence-corrected chi connectivity index (χ0v) is 21.3. The maximum atomic E-state index is 14.0. The summed E-state index contributed by atoms with van der Waals surface area (Å²) in [7, 11) is 0. The molecule has 1 amide bonds. The number of fused-ring (bicyclic) bond motifs is 3. The number of nitriles is 1. The molecule has 39 heavy (non-hydrogen) atoms. The van der Waals surface area contributed by atoms with Crippen LogP contribution in [0.4, 0.5) is 18.9 Å². The lowest BCUT2D eigenvalue weighted by Gasteiger charge is -2.40. The minimum absolute atomic E-state index is 0.0593. The van der Waals surface area contributed by atoms with Gasteiger partial charge >= 0.3 is 6.18 Å². The van der Waals surface area contributed by atoms with Crippen LogP contribution in [-0.2, 0) is 16.4 Å². The van der Waals surface area contributed by atoms with Gasteiger partial charge in [-0.1, -0.05) is 5.21 Å². The standard InChI is InChI=1S/C27H27F3N6O3/c1-25(38)13-17(14-25)36-23-20(27(28,29)30)11-18(12-22(23)33-34-36)39-9-8-35-6-4-26(5-7-35)19-10-16(15-31)2-3-21(19)32-24(26)37/h2-3,10-12,17,38H,4-9,13-14H2,1H3,(H,32,37)/t17-,25+. The molecule has 1 aliphatic carbocycles. The Hall–Kier alpha value is -3.69. The van der Waals surface area contributed by atoms with E-state index in [-0.39, 0.29) is 35.3 Å². The maximum absolute atomic E-state index is 14.0. The minimum Gasteiger partial charge on any atom is -0.492 e. The van der Waals surface area contributed by atoms with Gasteiger partial charge in [0.2, 0.25) is 5.91 Å². The first-order valence-electron chi connectivity index (χ1n) is 12.9. The minimum atomic E-state index is -4.63. The predicted molar refractivity (Wildman–Crippen MR) is 134 cm³/mol. The van der Waals surface area contributed by atoms with Crippen LogP contribution in [0.3, 0.4) is 0 Å². The van der Waals surface area contributed by atoms with Crippen LogP contribution in [0.2, 0.25) is 0 Å². The predicted octanol–water partition coefficient (Wildman–Crippen LogP) is 3.77. The first-order valence-corrected chi connectivity index (χ1v) is 12.9. The topological polar surface area (TPSA) is 116 Å². The second-order valence-corrected chi connectivity index (χ2v) is 11.0. The number of halogens is 3. The Balaban J connectivity index is 1.13. The van der Waals surface area contributed by atoms with E-state index in [1.165, 1.54) is 10.7 Å². The van der Waals surface area contributed by atoms with Crippen LogP contribution >= 0.6 is 0 Å². The molecule has 3 aliphatic rings. The molecule has 0 unspecified atom stereocenters. The number of aromatic nitrogens is 3. The van der Waals surface area contributed by atoms with Crippen LogP contribution in [-0.4, -0.2) is 62.7 Å². The Bertz CT molecular complexity index is 1490. The summed E-state index contributed by atoms with van der Waals surface area (Å²) in [6, 6.07) is 9.46. The Labute approximate surface area is 222 Å². The molecule has 12 heteroatoms. The van der Waals surface area contributed by atoms with Gasteiger partial charge in [-0.2, -0.15) is 18.4 Å². The van der Waals surface area contributed by atoms with E-state index in [0.717, 1.165) is 17.3 Å². The molecular weight excluding hydrogens is 513 g/mol. The van der Waals surface area contributed by atoms with Crippen molar-refractivity contribution in [2.45, 2.75) is 55.8 Å². The van der Waals surface area contributed by atoms with Gasteiger partial charge in [0, 0.05) is 18.3 Å². The summed E-state index contributed by atoms with van der Waals surface area (Å²) in [5, 5.41) is 30.2. The number of hydrogen-bond donors (Lipinski definition) is 2. The first-order chi connectivity index (χ1) is 18.5. The molecule has 2 N–H and O–H groups in total. The van der Waals surface area contributed by atoms with Crippen LogP contribution in [0.5, 0.6) is 5.75 Å². The molecule has 6 rings (SSSR count). The zero-order valence-electron chi connectivity index (χ0n) is 21.3. The molecule has 2 aromatic carbocycles. The van der Waals surface area contributed by atoms with E-state index < -0.39 is 22.8 Å². The molecule has 2 fully saturated rings. The number of ether oxygens (including phenoxy) is 1. The van der Waals surface area contributed by atoms with Crippen LogP contribution < -0.4 is 10.1 Å². The average molecular weight is 541 g/mol. The number of carbonyl (C=O) groups excluding carboxylic acids is 1. The van der Waals surface area contributed by atoms with Crippen LogP contribution in [0.25, 0.3) is 11.0 Å². The van der Waals surface area contributed by atoms with Crippen molar-refractivity contribution in [2.75, 3.05) is 31.6 Å². The summed E-state index contributed by atoms with van der Waals surface area (Å²) in [6.07, 6.45) is -2.87. The van der Waals surface area contributed by atoms with E-state index in [1.807, 2.05) is 0 Å². The third kappa shape index (κ3) is 4.39. The number of carbonyl (C=O) groups is 1. The number of nitrogens with one attached hydrogen (secondary N) is 1. The van der Waals surface area contributed by atoms with Gasteiger partial charge in [-0.05, 0) is 75.5 Å². The SMILES string of the molecule is C[C@]1(O)C[C@@H](n2nnc3cc(OCCN4CCC5(CC4)C(=O)Nc4ccc(C#N)cc45)cc(C(F)(F)F)c32)C1. The van der Waals surface area contributed by atoms with Gasteiger partial charge in [0.15, 0.2) is 0 Å². The molecule has 1 saturated heterocycles. The van der Waals surface area contributed by atoms with E-state index in [1.54, 1.807) is 25.1 Å². The lowest BCUT2D eigenvalue weighted by Crippen LogP contribution is -2.47. The number of alkyl halides is 3. The van der Waals surface area contributed by atoms with Gasteiger partial charge in [0.1, 0.15) is 23.4 Å². The van der Waals surface area contributed by atoms with E-state index in [9.17, 15) is 28.3 Å². The number of rotatable bonds is 5. The molecule has 2 aliphatic heterocycles. The number of aliphatic hydroxyl groups is 1. The van der Waals surface area contributed by atoms with Gasteiger partial charge in [-0.15, -0.1) is 5.10 Å². The Morgan fingerprint density at radius 2 is 1.97 bits per heavy atom. The first kappa shape index (κ1) is 25.6. The summed E-state index contributed by atoms with van der Waals surface area (Å²) >= 11 is 0. The van der Waals surface area contributed by atoms with Gasteiger partial charge in [0.05, 0.1) is 34.3 Å². The highest BCUT2D eigenvalue weighted by Crippen LogP contribution is 2.46. The Kier molecular flexibility index (Phi) is 5.85. The van der Waals surface area contributed by atoms with Gasteiger partial charge < -0.3 is 15.2 Å². The number of likely N-dealkylation sites (tertiary alicyclic amines) is 1. The van der Waals surface area contributed by atoms with Crippen LogP contribution in [0.1, 0.15) is 55.3 Å². The smallest absolute Gasteiger partial charge is 0.418 e. The third-order valence-corrected chi connectivity index (χ3v) is 8.28. The van der Waals surface area contributed by atoms with Crippen molar-refractivity contribution in [1.82, 2.24) is 19.9 Å². The van der Waals surface area contributed by atoms with Crippen molar-refractivity contribution in [3.8, 4) is 11.8 Å². The zero-order chi connectivity index (χ0) is 27.6. The second-order valence-electron chi connectivity index (χ2n) is 11.0. The summed E-state index contributed by atoms with van der Waals surface area (Å²) in [5.74, 6) is -0.000809. The lowest BCUT2D eigenvalue weighted by atomic mass is 9.73. The summed E-state index contributed by atoms with van der Waals surface area (Å²) in [5.41, 5.74) is -0.362. The molecule has 0 atom stereocenters. The molecule has 3 aromatic rings. The summed E-state index contributed by atoms with van der Waals surface area (Å²) in [6.45, 7) is 3.51. The molecule has 1 spiro atoms. The van der Waals surface area contributed by atoms with Crippen molar-refractivity contribution in [3.63, 3.8) is 0 Å². The summed E-state index contributed by atoms with van der Waals surface area (Å²) in [4.78, 5) is 15.0. The van der Waals surface area contributed by atoms with Crippen molar-refractivity contribution in [1.29, 1.82) is 5.26 Å². The highest BCUT2D eigenvalue weighted by molar-refractivity contribution is 6.06. The quantitative estimate of drug-likeness (QED) is 0.506. The highest BCUT2D eigenvalue weighted by Gasteiger charge is 2.48. The number of hydrogen-bond acceptors (Lipinski definition) is 7. The maximum Gasteiger partial charge on any atom is 0.418 e. The van der Waals surface area contributed by atoms with E-state index >= 15 is 0 Å². The number of piperidine rings is 1. The molecular formula is C27H27F3N6O3. The summed E-state index contributed by atoms with van der Waals surface area (Å²) < 4.78 is 49.0. The number of anilines is 1. The van der Waals surface area contributed by atoms with Crippen LogP contribution in [0, 0.1) is 11.3 Å². The second kappa shape index (κ2) is 8.93. The molecule has 9 nitrogen and oxygen atoms in total. The number of nitrogens with zero attached hydrogens (tertiary/aromatic N) is 5. The van der Waals surface area contributed by atoms with E-state index in [2.05, 4.69) is 26.6 Å². The van der Waals surface area contributed by atoms with Crippen molar-refractivity contribution in [2.24, 2.45) is 0 Å². The van der Waals surface area contributed by atoms with Crippen molar-refractivity contribution < 1.29 is 27.8 Å². The van der Waals surface area contributed by atoms with Crippen LogP contribution in [0.15, 0.2) is 30.3 Å². The highest BCUT2D eigenvalue weighted by atomic mass is 19.4. The van der Waals surface area contributed by atoms with Crippen molar-refractivity contribution in [3.05, 3.63) is 47.0 Å². The molecule has 0 radical (unpaired) electrons. The van der Waals surface area contributed by atoms with Crippen molar-refractivity contribution >= 4 is 22.6 Å². The van der Waals surface area contributed by atoms with E-state index in [0.29, 0.717) is 50.9 Å². The monoisotopic (exact) mass is 540 g/mol. The molecule has 204 valence electrons. The van der Waals surface area contributed by atoms with Gasteiger partial charge in [0.25, 0.3) is 0 Å². The lowest BCUT2D eigenvalue weighted by molar-refractivity contribution is -0.136. The largest absolute Gasteiger partial charge is 0.492 e.